The lowest BCUT2D eigenvalue weighted by atomic mass is 9.85. The molecular weight excluding hydrogens is 387 g/mol. The first-order chi connectivity index (χ1) is 14.5. The van der Waals surface area contributed by atoms with Crippen LogP contribution in [0.5, 0.6) is 5.75 Å². The minimum absolute atomic E-state index is 0.0449. The molecule has 2 fully saturated rings. The molecule has 7 nitrogen and oxygen atoms in total. The van der Waals surface area contributed by atoms with E-state index in [0.717, 1.165) is 12.0 Å². The molecule has 4 atom stereocenters. The summed E-state index contributed by atoms with van der Waals surface area (Å²) in [5.74, 6) is 0.366. The summed E-state index contributed by atoms with van der Waals surface area (Å²) in [5.41, 5.74) is 0.750. The summed E-state index contributed by atoms with van der Waals surface area (Å²) in [7, 11) is 1.63. The summed E-state index contributed by atoms with van der Waals surface area (Å²) in [6.45, 7) is 3.30. The number of fused-ring (bicyclic) bond motifs is 5. The SMILES string of the molecule is CCOc1ccc(CNC(=NC)NCCN2C(=O)C3C4C=CC(C4)C3C2=O)cc1F. The third-order valence-corrected chi connectivity index (χ3v) is 6.17. The highest BCUT2D eigenvalue weighted by atomic mass is 19.1. The molecule has 2 N–H and O–H groups in total. The number of nitrogens with zero attached hydrogens (tertiary/aromatic N) is 2. The number of halogens is 1. The van der Waals surface area contributed by atoms with Gasteiger partial charge in [-0.2, -0.15) is 0 Å². The van der Waals surface area contributed by atoms with E-state index >= 15 is 0 Å². The van der Waals surface area contributed by atoms with E-state index in [9.17, 15) is 14.0 Å². The monoisotopic (exact) mass is 414 g/mol. The van der Waals surface area contributed by atoms with Gasteiger partial charge in [-0.15, -0.1) is 0 Å². The number of allylic oxidation sites excluding steroid dienone is 2. The highest BCUT2D eigenvalue weighted by Crippen LogP contribution is 2.52. The number of guanidine groups is 1. The molecule has 1 aromatic rings. The summed E-state index contributed by atoms with van der Waals surface area (Å²) >= 11 is 0. The zero-order chi connectivity index (χ0) is 21.3. The average Bonchev–Trinajstić information content (AvgIpc) is 3.42. The van der Waals surface area contributed by atoms with Crippen molar-refractivity contribution in [1.82, 2.24) is 15.5 Å². The van der Waals surface area contributed by atoms with Gasteiger partial charge < -0.3 is 15.4 Å². The van der Waals surface area contributed by atoms with Crippen LogP contribution in [0.1, 0.15) is 18.9 Å². The van der Waals surface area contributed by atoms with Gasteiger partial charge in [-0.25, -0.2) is 4.39 Å². The van der Waals surface area contributed by atoms with Crippen LogP contribution in [0.15, 0.2) is 35.3 Å². The van der Waals surface area contributed by atoms with Gasteiger partial charge in [-0.1, -0.05) is 18.2 Å². The van der Waals surface area contributed by atoms with Crippen molar-refractivity contribution in [2.24, 2.45) is 28.7 Å². The van der Waals surface area contributed by atoms with Gasteiger partial charge in [0.15, 0.2) is 17.5 Å². The van der Waals surface area contributed by atoms with Gasteiger partial charge in [0.25, 0.3) is 0 Å². The number of nitrogens with one attached hydrogen (secondary N) is 2. The number of hydrogen-bond donors (Lipinski definition) is 2. The lowest BCUT2D eigenvalue weighted by molar-refractivity contribution is -0.140. The number of ether oxygens (including phenoxy) is 1. The Morgan fingerprint density at radius 3 is 2.50 bits per heavy atom. The number of benzene rings is 1. The first-order valence-electron chi connectivity index (χ1n) is 10.4. The number of hydrogen-bond acceptors (Lipinski definition) is 4. The molecular formula is C22H27FN4O3. The number of aliphatic imine (C=N–C) groups is 1. The first-order valence-corrected chi connectivity index (χ1v) is 10.4. The van der Waals surface area contributed by atoms with Crippen molar-refractivity contribution < 1.29 is 18.7 Å². The predicted molar refractivity (Wildman–Crippen MR) is 110 cm³/mol. The number of rotatable bonds is 7. The van der Waals surface area contributed by atoms with Crippen LogP contribution in [-0.2, 0) is 16.1 Å². The van der Waals surface area contributed by atoms with Crippen LogP contribution in [0.25, 0.3) is 0 Å². The number of carbonyl (C=O) groups is 2. The van der Waals surface area contributed by atoms with Crippen LogP contribution in [0.4, 0.5) is 4.39 Å². The Kier molecular flexibility index (Phi) is 5.74. The van der Waals surface area contributed by atoms with Crippen LogP contribution >= 0.6 is 0 Å². The molecule has 0 radical (unpaired) electrons. The topological polar surface area (TPSA) is 83.0 Å². The Morgan fingerprint density at radius 2 is 1.90 bits per heavy atom. The highest BCUT2D eigenvalue weighted by molar-refractivity contribution is 6.06. The van der Waals surface area contributed by atoms with Gasteiger partial charge in [0.1, 0.15) is 0 Å². The van der Waals surface area contributed by atoms with Crippen LogP contribution in [0, 0.1) is 29.5 Å². The van der Waals surface area contributed by atoms with Crippen molar-refractivity contribution in [1.29, 1.82) is 0 Å². The summed E-state index contributed by atoms with van der Waals surface area (Å²) in [4.78, 5) is 30.9. The molecule has 2 bridgehead atoms. The van der Waals surface area contributed by atoms with Crippen LogP contribution in [-0.4, -0.2) is 49.4 Å². The Bertz CT molecular complexity index is 870. The fourth-order valence-electron chi connectivity index (χ4n) is 4.80. The molecule has 2 aliphatic carbocycles. The average molecular weight is 414 g/mol. The second kappa shape index (κ2) is 8.45. The minimum atomic E-state index is -0.404. The number of imide groups is 1. The lowest BCUT2D eigenvalue weighted by Crippen LogP contribution is -2.43. The molecule has 1 aliphatic heterocycles. The summed E-state index contributed by atoms with van der Waals surface area (Å²) in [6, 6.07) is 4.82. The van der Waals surface area contributed by atoms with E-state index in [0.29, 0.717) is 32.2 Å². The van der Waals surface area contributed by atoms with E-state index in [4.69, 9.17) is 4.74 Å². The third kappa shape index (κ3) is 3.66. The molecule has 8 heteroatoms. The second-order valence-corrected chi connectivity index (χ2v) is 7.88. The Labute approximate surface area is 175 Å². The Morgan fingerprint density at radius 1 is 1.20 bits per heavy atom. The van der Waals surface area contributed by atoms with Gasteiger partial charge in [0.05, 0.1) is 18.4 Å². The van der Waals surface area contributed by atoms with E-state index in [-0.39, 0.29) is 41.2 Å². The Hall–Kier alpha value is -2.90. The van der Waals surface area contributed by atoms with Crippen molar-refractivity contribution in [3.8, 4) is 5.75 Å². The minimum Gasteiger partial charge on any atom is -0.491 e. The quantitative estimate of drug-likeness (QED) is 0.307. The molecule has 4 rings (SSSR count). The maximum atomic E-state index is 14.0. The highest BCUT2D eigenvalue weighted by Gasteiger charge is 2.58. The molecule has 3 aliphatic rings. The normalized spacial score (nSPS) is 27.0. The van der Waals surface area contributed by atoms with Gasteiger partial charge in [0.2, 0.25) is 11.8 Å². The molecule has 0 aromatic heterocycles. The molecule has 4 unspecified atom stereocenters. The zero-order valence-electron chi connectivity index (χ0n) is 17.2. The number of carbonyl (C=O) groups excluding carboxylic acids is 2. The van der Waals surface area contributed by atoms with Crippen molar-refractivity contribution in [3.05, 3.63) is 41.7 Å². The van der Waals surface area contributed by atoms with Crippen molar-refractivity contribution in [2.75, 3.05) is 26.7 Å². The number of likely N-dealkylation sites (tertiary alicyclic amines) is 1. The predicted octanol–water partition coefficient (Wildman–Crippen LogP) is 1.70. The Balaban J connectivity index is 1.26. The van der Waals surface area contributed by atoms with E-state index in [1.54, 1.807) is 26.1 Å². The van der Waals surface area contributed by atoms with E-state index in [1.165, 1.54) is 11.0 Å². The molecule has 2 amide bonds. The standard InChI is InChI=1S/C22H27FN4O3/c1-3-30-17-7-4-13(10-16(17)23)12-26-22(24-2)25-8-9-27-20(28)18-14-5-6-15(11-14)19(18)21(27)29/h4-7,10,14-15,18-19H,3,8-9,11-12H2,1-2H3,(H2,24,25,26). The van der Waals surface area contributed by atoms with E-state index in [1.807, 2.05) is 0 Å². The molecule has 0 spiro atoms. The van der Waals surface area contributed by atoms with E-state index < -0.39 is 5.82 Å². The summed E-state index contributed by atoms with van der Waals surface area (Å²) < 4.78 is 19.2. The third-order valence-electron chi connectivity index (χ3n) is 6.17. The van der Waals surface area contributed by atoms with Crippen LogP contribution in [0.3, 0.4) is 0 Å². The molecule has 160 valence electrons. The first kappa shape index (κ1) is 20.4. The van der Waals surface area contributed by atoms with Crippen LogP contribution in [0.2, 0.25) is 0 Å². The molecule has 1 aromatic carbocycles. The summed E-state index contributed by atoms with van der Waals surface area (Å²) in [5, 5.41) is 6.23. The second-order valence-electron chi connectivity index (χ2n) is 7.88. The fourth-order valence-corrected chi connectivity index (χ4v) is 4.80. The van der Waals surface area contributed by atoms with Gasteiger partial charge in [-0.3, -0.25) is 19.5 Å². The van der Waals surface area contributed by atoms with Crippen molar-refractivity contribution in [3.63, 3.8) is 0 Å². The fraction of sp³-hybridized carbons (Fsp3) is 0.500. The molecule has 1 saturated heterocycles. The molecule has 30 heavy (non-hydrogen) atoms. The van der Waals surface area contributed by atoms with Gasteiger partial charge in [0, 0.05) is 26.7 Å². The smallest absolute Gasteiger partial charge is 0.233 e. The lowest BCUT2D eigenvalue weighted by Gasteiger charge is -2.18. The maximum absolute atomic E-state index is 14.0. The maximum Gasteiger partial charge on any atom is 0.233 e. The van der Waals surface area contributed by atoms with Gasteiger partial charge >= 0.3 is 0 Å². The molecule has 1 saturated carbocycles. The van der Waals surface area contributed by atoms with Crippen molar-refractivity contribution >= 4 is 17.8 Å². The zero-order valence-corrected chi connectivity index (χ0v) is 17.2. The molecule has 1 heterocycles. The van der Waals surface area contributed by atoms with Gasteiger partial charge in [-0.05, 0) is 42.9 Å². The van der Waals surface area contributed by atoms with Crippen molar-refractivity contribution in [2.45, 2.75) is 19.9 Å². The van der Waals surface area contributed by atoms with E-state index in [2.05, 4.69) is 27.8 Å². The number of amides is 2. The summed E-state index contributed by atoms with van der Waals surface area (Å²) in [6.07, 6.45) is 5.12. The van der Waals surface area contributed by atoms with Crippen LogP contribution < -0.4 is 15.4 Å². The largest absolute Gasteiger partial charge is 0.491 e.